The summed E-state index contributed by atoms with van der Waals surface area (Å²) >= 11 is 15.7. The lowest BCUT2D eigenvalue weighted by molar-refractivity contribution is -0.140. The topological polar surface area (TPSA) is 96.0 Å². The number of anilines is 1. The zero-order valence-electron chi connectivity index (χ0n) is 24.2. The van der Waals surface area contributed by atoms with Gasteiger partial charge in [0, 0.05) is 12.1 Å². The molecule has 1 N–H and O–H groups in total. The van der Waals surface area contributed by atoms with Crippen molar-refractivity contribution in [3.05, 3.63) is 86.3 Å². The number of sulfonamides is 1. The van der Waals surface area contributed by atoms with E-state index in [1.54, 1.807) is 49.4 Å². The molecule has 0 aromatic heterocycles. The third kappa shape index (κ3) is 8.40. The van der Waals surface area contributed by atoms with Crippen molar-refractivity contribution in [3.8, 4) is 5.75 Å². The summed E-state index contributed by atoms with van der Waals surface area (Å²) in [6.07, 6.45) is 0. The van der Waals surface area contributed by atoms with Gasteiger partial charge in [0.05, 0.1) is 32.2 Å². The van der Waals surface area contributed by atoms with Crippen LogP contribution in [-0.2, 0) is 26.2 Å². The van der Waals surface area contributed by atoms with Crippen LogP contribution in [0.2, 0.25) is 10.0 Å². The lowest BCUT2D eigenvalue weighted by atomic mass is 10.1. The molecule has 226 valence electrons. The van der Waals surface area contributed by atoms with Crippen LogP contribution < -0.4 is 14.4 Å². The van der Waals surface area contributed by atoms with E-state index in [9.17, 15) is 18.0 Å². The van der Waals surface area contributed by atoms with Crippen molar-refractivity contribution in [3.63, 3.8) is 0 Å². The third-order valence-corrected chi connectivity index (χ3v) is 9.44. The first-order valence-corrected chi connectivity index (χ1v) is 16.0. The Morgan fingerprint density at radius 3 is 2.19 bits per heavy atom. The average Bonchev–Trinajstić information content (AvgIpc) is 2.91. The second-order valence-corrected chi connectivity index (χ2v) is 14.4. The summed E-state index contributed by atoms with van der Waals surface area (Å²) in [6, 6.07) is 15.1. The molecule has 42 heavy (non-hydrogen) atoms. The summed E-state index contributed by atoms with van der Waals surface area (Å²) in [4.78, 5) is 28.6. The van der Waals surface area contributed by atoms with E-state index in [1.165, 1.54) is 30.2 Å². The summed E-state index contributed by atoms with van der Waals surface area (Å²) < 4.78 is 34.8. The molecule has 0 unspecified atom stereocenters. The number of hydrogen-bond donors (Lipinski definition) is 1. The van der Waals surface area contributed by atoms with Gasteiger partial charge in [-0.3, -0.25) is 13.9 Å². The lowest BCUT2D eigenvalue weighted by Gasteiger charge is -2.33. The van der Waals surface area contributed by atoms with Crippen molar-refractivity contribution < 1.29 is 22.7 Å². The van der Waals surface area contributed by atoms with Gasteiger partial charge in [0.2, 0.25) is 11.8 Å². The fourth-order valence-corrected chi connectivity index (χ4v) is 6.52. The predicted molar refractivity (Wildman–Crippen MR) is 171 cm³/mol. The average molecular weight is 699 g/mol. The number of hydrogen-bond acceptors (Lipinski definition) is 5. The van der Waals surface area contributed by atoms with E-state index in [0.717, 1.165) is 9.87 Å². The number of aryl methyl sites for hydroxylation is 1. The molecule has 12 heteroatoms. The van der Waals surface area contributed by atoms with Crippen molar-refractivity contribution in [2.24, 2.45) is 0 Å². The normalized spacial score (nSPS) is 12.4. The summed E-state index contributed by atoms with van der Waals surface area (Å²) in [5.74, 6) is -0.521. The summed E-state index contributed by atoms with van der Waals surface area (Å²) in [7, 11) is -2.76. The number of carbonyl (C=O) groups is 2. The van der Waals surface area contributed by atoms with Gasteiger partial charge in [0.15, 0.2) is 0 Å². The molecule has 0 saturated carbocycles. The minimum atomic E-state index is -4.24. The Hall–Kier alpha value is -2.79. The molecular formula is C30H34BrCl2N3O5S. The highest BCUT2D eigenvalue weighted by atomic mass is 79.9. The Kier molecular flexibility index (Phi) is 11.0. The fourth-order valence-electron chi connectivity index (χ4n) is 4.07. The molecule has 0 bridgehead atoms. The Bertz CT molecular complexity index is 1560. The van der Waals surface area contributed by atoms with E-state index < -0.39 is 34.1 Å². The maximum absolute atomic E-state index is 14.1. The number of benzene rings is 3. The summed E-state index contributed by atoms with van der Waals surface area (Å²) in [5.41, 5.74) is 1.28. The van der Waals surface area contributed by atoms with Crippen LogP contribution in [0.5, 0.6) is 5.75 Å². The van der Waals surface area contributed by atoms with Crippen LogP contribution in [-0.4, -0.2) is 50.4 Å². The maximum atomic E-state index is 14.1. The zero-order valence-corrected chi connectivity index (χ0v) is 28.2. The van der Waals surface area contributed by atoms with Crippen molar-refractivity contribution in [2.45, 2.75) is 57.6 Å². The Labute approximate surface area is 266 Å². The number of nitrogens with zero attached hydrogens (tertiary/aromatic N) is 2. The van der Waals surface area contributed by atoms with Crippen LogP contribution in [0.25, 0.3) is 0 Å². The molecule has 1 atom stereocenters. The number of rotatable bonds is 10. The molecule has 0 spiro atoms. The van der Waals surface area contributed by atoms with Crippen LogP contribution in [0, 0.1) is 6.92 Å². The molecule has 0 saturated heterocycles. The van der Waals surface area contributed by atoms with Gasteiger partial charge >= 0.3 is 0 Å². The minimum absolute atomic E-state index is 0.00960. The summed E-state index contributed by atoms with van der Waals surface area (Å²) in [6.45, 7) is 8.41. The Morgan fingerprint density at radius 2 is 1.64 bits per heavy atom. The molecule has 0 aliphatic carbocycles. The number of methoxy groups -OCH3 is 1. The van der Waals surface area contributed by atoms with Gasteiger partial charge in [-0.1, -0.05) is 47.0 Å². The number of carbonyl (C=O) groups excluding carboxylic acids is 2. The van der Waals surface area contributed by atoms with Crippen LogP contribution >= 0.6 is 39.1 Å². The van der Waals surface area contributed by atoms with Gasteiger partial charge in [0.1, 0.15) is 18.3 Å². The standard InChI is InChI=1S/C30H34BrCl2N3O5S/c1-19-7-10-22(11-8-19)36(42(39,40)23-12-14-27(41-6)24(31)16-23)18-28(37)35(20(2)29(38)34-30(3,4)5)17-21-9-13-25(32)26(33)15-21/h7-16,20H,17-18H2,1-6H3,(H,34,38)/t20-/m1/s1. The molecular weight excluding hydrogens is 665 g/mol. The predicted octanol–water partition coefficient (Wildman–Crippen LogP) is 6.60. The largest absolute Gasteiger partial charge is 0.496 e. The SMILES string of the molecule is COc1ccc(S(=O)(=O)N(CC(=O)N(Cc2ccc(Cl)c(Cl)c2)[C@H](C)C(=O)NC(C)(C)C)c2ccc(C)cc2)cc1Br. The van der Waals surface area contributed by atoms with Gasteiger partial charge in [-0.2, -0.15) is 0 Å². The van der Waals surface area contributed by atoms with E-state index >= 15 is 0 Å². The maximum Gasteiger partial charge on any atom is 0.264 e. The van der Waals surface area contributed by atoms with E-state index in [1.807, 2.05) is 27.7 Å². The Morgan fingerprint density at radius 1 is 1.00 bits per heavy atom. The number of halogens is 3. The molecule has 8 nitrogen and oxygen atoms in total. The molecule has 0 radical (unpaired) electrons. The second-order valence-electron chi connectivity index (χ2n) is 10.8. The van der Waals surface area contributed by atoms with Gasteiger partial charge < -0.3 is 15.0 Å². The number of nitrogens with one attached hydrogen (secondary N) is 1. The van der Waals surface area contributed by atoms with Crippen LogP contribution in [0.1, 0.15) is 38.8 Å². The number of amides is 2. The minimum Gasteiger partial charge on any atom is -0.496 e. The smallest absolute Gasteiger partial charge is 0.264 e. The second kappa shape index (κ2) is 13.7. The quantitative estimate of drug-likeness (QED) is 0.258. The van der Waals surface area contributed by atoms with Gasteiger partial charge in [-0.05, 0) is 98.6 Å². The van der Waals surface area contributed by atoms with Crippen molar-refractivity contribution in [1.29, 1.82) is 0 Å². The molecule has 0 fully saturated rings. The molecule has 3 rings (SSSR count). The molecule has 0 aliphatic heterocycles. The first kappa shape index (κ1) is 33.7. The van der Waals surface area contributed by atoms with Gasteiger partial charge in [-0.15, -0.1) is 0 Å². The number of ether oxygens (including phenoxy) is 1. The van der Waals surface area contributed by atoms with E-state index in [4.69, 9.17) is 27.9 Å². The zero-order chi connectivity index (χ0) is 31.4. The van der Waals surface area contributed by atoms with E-state index in [2.05, 4.69) is 21.2 Å². The van der Waals surface area contributed by atoms with Gasteiger partial charge in [0.25, 0.3) is 10.0 Å². The molecule has 0 heterocycles. The monoisotopic (exact) mass is 697 g/mol. The van der Waals surface area contributed by atoms with Crippen molar-refractivity contribution >= 4 is 66.7 Å². The molecule has 3 aromatic rings. The summed E-state index contributed by atoms with van der Waals surface area (Å²) in [5, 5.41) is 3.54. The first-order valence-electron chi connectivity index (χ1n) is 13.0. The lowest BCUT2D eigenvalue weighted by Crippen LogP contribution is -2.54. The molecule has 0 aliphatic rings. The molecule has 2 amide bonds. The highest BCUT2D eigenvalue weighted by molar-refractivity contribution is 9.10. The first-order chi connectivity index (χ1) is 19.5. The van der Waals surface area contributed by atoms with E-state index in [0.29, 0.717) is 31.5 Å². The molecule has 3 aromatic carbocycles. The van der Waals surface area contributed by atoms with Crippen molar-refractivity contribution in [1.82, 2.24) is 10.2 Å². The van der Waals surface area contributed by atoms with Crippen LogP contribution in [0.3, 0.4) is 0 Å². The fraction of sp³-hybridized carbons (Fsp3) is 0.333. The van der Waals surface area contributed by atoms with Gasteiger partial charge in [-0.25, -0.2) is 8.42 Å². The van der Waals surface area contributed by atoms with Crippen LogP contribution in [0.4, 0.5) is 5.69 Å². The van der Waals surface area contributed by atoms with Crippen molar-refractivity contribution in [2.75, 3.05) is 18.0 Å². The highest BCUT2D eigenvalue weighted by Gasteiger charge is 2.33. The Balaban J connectivity index is 2.07. The van der Waals surface area contributed by atoms with E-state index in [-0.39, 0.29) is 17.3 Å². The van der Waals surface area contributed by atoms with Crippen LogP contribution in [0.15, 0.2) is 70.0 Å². The third-order valence-electron chi connectivity index (χ3n) is 6.31. The highest BCUT2D eigenvalue weighted by Crippen LogP contribution is 2.31.